The van der Waals surface area contributed by atoms with Gasteiger partial charge in [0.25, 0.3) is 0 Å². The van der Waals surface area contributed by atoms with Crippen molar-refractivity contribution < 1.29 is 20.1 Å². The molecule has 175 valence electrons. The summed E-state index contributed by atoms with van der Waals surface area (Å²) in [4.78, 5) is 5.15. The standard InChI is InChI=1S/C32H27N2.Ir/c1-19-15-22(4)31(23(5)16-19)28-18-34-29-14-13-24(30-20(2)9-8-10-21(30)3)17-27(29)25-11-6-7-12-26(25)32(34)33-28;/h6-11,13-18H,1-5H3;/q-1;. The van der Waals surface area contributed by atoms with Crippen molar-refractivity contribution in [3.63, 3.8) is 0 Å². The molecule has 1 radical (unpaired) electrons. The molecule has 3 heteroatoms. The summed E-state index contributed by atoms with van der Waals surface area (Å²) in [5, 5.41) is 3.47. The quantitative estimate of drug-likeness (QED) is 0.139. The molecule has 0 aliphatic heterocycles. The van der Waals surface area contributed by atoms with E-state index in [2.05, 4.69) is 112 Å². The number of hydrogen-bond acceptors (Lipinski definition) is 1. The van der Waals surface area contributed by atoms with Crippen molar-refractivity contribution in [2.24, 2.45) is 0 Å². The van der Waals surface area contributed by atoms with E-state index in [1.54, 1.807) is 0 Å². The molecule has 0 unspecified atom stereocenters. The predicted molar refractivity (Wildman–Crippen MR) is 144 cm³/mol. The second-order valence-electron chi connectivity index (χ2n) is 9.55. The summed E-state index contributed by atoms with van der Waals surface area (Å²) in [6, 6.07) is 27.6. The Hall–Kier alpha value is -3.26. The molecule has 0 aliphatic carbocycles. The molecule has 2 aromatic heterocycles. The van der Waals surface area contributed by atoms with Crippen LogP contribution in [0.1, 0.15) is 27.8 Å². The largest absolute Gasteiger partial charge is 0.339 e. The summed E-state index contributed by atoms with van der Waals surface area (Å²) in [5.41, 5.74) is 13.3. The van der Waals surface area contributed by atoms with Crippen LogP contribution in [-0.2, 0) is 20.1 Å². The number of aryl methyl sites for hydroxylation is 5. The van der Waals surface area contributed by atoms with E-state index in [0.29, 0.717) is 0 Å². The molecule has 0 saturated carbocycles. The van der Waals surface area contributed by atoms with Gasteiger partial charge in [-0.2, -0.15) is 0 Å². The Labute approximate surface area is 220 Å². The van der Waals surface area contributed by atoms with Crippen LogP contribution in [0.3, 0.4) is 0 Å². The molecule has 6 rings (SSSR count). The van der Waals surface area contributed by atoms with Crippen molar-refractivity contribution in [1.82, 2.24) is 9.38 Å². The zero-order chi connectivity index (χ0) is 23.6. The third-order valence-electron chi connectivity index (χ3n) is 7.03. The number of nitrogens with zero attached hydrogens (tertiary/aromatic N) is 2. The van der Waals surface area contributed by atoms with E-state index < -0.39 is 0 Å². The second kappa shape index (κ2) is 8.75. The van der Waals surface area contributed by atoms with E-state index in [4.69, 9.17) is 4.98 Å². The van der Waals surface area contributed by atoms with Crippen molar-refractivity contribution in [2.45, 2.75) is 34.6 Å². The van der Waals surface area contributed by atoms with Gasteiger partial charge in [0.15, 0.2) is 0 Å². The molecular weight excluding hydrogens is 605 g/mol. The zero-order valence-corrected chi connectivity index (χ0v) is 23.1. The summed E-state index contributed by atoms with van der Waals surface area (Å²) in [6.07, 6.45) is 2.20. The third kappa shape index (κ3) is 3.71. The molecule has 2 nitrogen and oxygen atoms in total. The number of pyridine rings is 1. The monoisotopic (exact) mass is 632 g/mol. The molecule has 4 aromatic carbocycles. The Morgan fingerprint density at radius 1 is 0.714 bits per heavy atom. The van der Waals surface area contributed by atoms with Crippen LogP contribution in [0.25, 0.3) is 49.7 Å². The first-order valence-corrected chi connectivity index (χ1v) is 11.8. The molecule has 0 saturated heterocycles. The molecule has 0 spiro atoms. The van der Waals surface area contributed by atoms with Crippen molar-refractivity contribution in [1.29, 1.82) is 0 Å². The fourth-order valence-electron chi connectivity index (χ4n) is 5.68. The minimum Gasteiger partial charge on any atom is -0.339 e. The van der Waals surface area contributed by atoms with Crippen LogP contribution < -0.4 is 0 Å². The molecule has 0 N–H and O–H groups in total. The predicted octanol–water partition coefficient (Wildman–Crippen LogP) is 8.31. The number of benzene rings is 4. The molecule has 0 atom stereocenters. The average molecular weight is 632 g/mol. The van der Waals surface area contributed by atoms with Crippen molar-refractivity contribution in [3.05, 3.63) is 107 Å². The first-order chi connectivity index (χ1) is 16.4. The SMILES string of the molecule is Cc1cc(C)c(-c2cn3c4ccc(-c5c(C)cccc5C)cc4c4ccc[c-]c4c3n2)c(C)c1.[Ir]. The number of aromatic nitrogens is 2. The van der Waals surface area contributed by atoms with Gasteiger partial charge in [-0.25, -0.2) is 0 Å². The molecular formula is C32H27IrN2-. The number of rotatable bonds is 2. The van der Waals surface area contributed by atoms with Gasteiger partial charge in [-0.15, -0.1) is 29.7 Å². The zero-order valence-electron chi connectivity index (χ0n) is 20.7. The van der Waals surface area contributed by atoms with Gasteiger partial charge in [0, 0.05) is 37.4 Å². The van der Waals surface area contributed by atoms with Gasteiger partial charge in [0.05, 0.1) is 11.3 Å². The maximum Gasteiger partial charge on any atom is 0.0777 e. The third-order valence-corrected chi connectivity index (χ3v) is 7.03. The van der Waals surface area contributed by atoms with E-state index in [1.807, 2.05) is 6.07 Å². The fourth-order valence-corrected chi connectivity index (χ4v) is 5.68. The van der Waals surface area contributed by atoms with Crippen LogP contribution in [0.5, 0.6) is 0 Å². The van der Waals surface area contributed by atoms with Crippen LogP contribution in [-0.4, -0.2) is 9.38 Å². The molecule has 0 aliphatic rings. The summed E-state index contributed by atoms with van der Waals surface area (Å²) in [6.45, 7) is 10.9. The van der Waals surface area contributed by atoms with Crippen molar-refractivity contribution in [3.8, 4) is 22.4 Å². The van der Waals surface area contributed by atoms with Crippen LogP contribution in [0.2, 0.25) is 0 Å². The van der Waals surface area contributed by atoms with Crippen LogP contribution in [0, 0.1) is 40.7 Å². The van der Waals surface area contributed by atoms with Gasteiger partial charge in [-0.05, 0) is 79.5 Å². The van der Waals surface area contributed by atoms with E-state index in [0.717, 1.165) is 16.7 Å². The Balaban J connectivity index is 0.00000253. The van der Waals surface area contributed by atoms with Crippen LogP contribution in [0.4, 0.5) is 0 Å². The maximum atomic E-state index is 5.15. The van der Waals surface area contributed by atoms with Gasteiger partial charge in [-0.3, -0.25) is 4.98 Å². The van der Waals surface area contributed by atoms with Gasteiger partial charge >= 0.3 is 0 Å². The Morgan fingerprint density at radius 2 is 1.43 bits per heavy atom. The summed E-state index contributed by atoms with van der Waals surface area (Å²) in [7, 11) is 0. The first-order valence-electron chi connectivity index (χ1n) is 11.8. The normalized spacial score (nSPS) is 11.3. The molecule has 0 bridgehead atoms. The number of hydrogen-bond donors (Lipinski definition) is 0. The van der Waals surface area contributed by atoms with Gasteiger partial charge in [-0.1, -0.05) is 53.4 Å². The molecule has 6 aromatic rings. The van der Waals surface area contributed by atoms with Crippen LogP contribution >= 0.6 is 0 Å². The van der Waals surface area contributed by atoms with Gasteiger partial charge in [0.1, 0.15) is 0 Å². The maximum absolute atomic E-state index is 5.15. The number of imidazole rings is 1. The topological polar surface area (TPSA) is 17.3 Å². The molecule has 0 fully saturated rings. The average Bonchev–Trinajstić information content (AvgIpc) is 3.23. The Morgan fingerprint density at radius 3 is 2.14 bits per heavy atom. The van der Waals surface area contributed by atoms with Crippen molar-refractivity contribution in [2.75, 3.05) is 0 Å². The van der Waals surface area contributed by atoms with Crippen molar-refractivity contribution >= 4 is 27.3 Å². The Kier molecular flexibility index (Phi) is 5.87. The summed E-state index contributed by atoms with van der Waals surface area (Å²) < 4.78 is 2.25. The van der Waals surface area contributed by atoms with E-state index in [1.165, 1.54) is 60.8 Å². The minimum atomic E-state index is 0. The van der Waals surface area contributed by atoms with Gasteiger partial charge in [0.2, 0.25) is 0 Å². The van der Waals surface area contributed by atoms with E-state index in [-0.39, 0.29) is 20.1 Å². The number of fused-ring (bicyclic) bond motifs is 6. The van der Waals surface area contributed by atoms with E-state index in [9.17, 15) is 0 Å². The van der Waals surface area contributed by atoms with E-state index >= 15 is 0 Å². The second-order valence-corrected chi connectivity index (χ2v) is 9.55. The molecule has 2 heterocycles. The van der Waals surface area contributed by atoms with Crippen LogP contribution in [0.15, 0.2) is 72.9 Å². The Bertz CT molecular complexity index is 1710. The molecule has 0 amide bonds. The minimum absolute atomic E-state index is 0. The summed E-state index contributed by atoms with van der Waals surface area (Å²) in [5.74, 6) is 0. The van der Waals surface area contributed by atoms with Gasteiger partial charge < -0.3 is 4.40 Å². The smallest absolute Gasteiger partial charge is 0.0777 e. The summed E-state index contributed by atoms with van der Waals surface area (Å²) >= 11 is 0. The first kappa shape index (κ1) is 23.5. The fraction of sp³-hybridized carbons (Fsp3) is 0.156. The molecule has 35 heavy (non-hydrogen) atoms.